The summed E-state index contributed by atoms with van der Waals surface area (Å²) in [6.45, 7) is 7.55. The molecule has 1 heterocycles. The number of thiophene rings is 1. The van der Waals surface area contributed by atoms with Gasteiger partial charge in [-0.15, -0.1) is 11.3 Å². The van der Waals surface area contributed by atoms with Gasteiger partial charge in [0.1, 0.15) is 0 Å². The van der Waals surface area contributed by atoms with Crippen LogP contribution in [0.5, 0.6) is 0 Å². The van der Waals surface area contributed by atoms with E-state index in [4.69, 9.17) is 18.1 Å². The number of hydrogen-bond donors (Lipinski definition) is 0. The van der Waals surface area contributed by atoms with E-state index in [1.807, 2.05) is 0 Å². The van der Waals surface area contributed by atoms with Crippen molar-refractivity contribution in [2.75, 3.05) is 38.8 Å². The molecule has 1 aromatic heterocycles. The van der Waals surface area contributed by atoms with Gasteiger partial charge in [-0.2, -0.15) is 0 Å². The maximum Gasteiger partial charge on any atom is 0.331 e. The number of carbonyl (C=O) groups excluding carboxylic acids is 1. The van der Waals surface area contributed by atoms with Crippen molar-refractivity contribution in [2.45, 2.75) is 27.7 Å². The van der Waals surface area contributed by atoms with E-state index in [9.17, 15) is 13.9 Å². The molecule has 0 fully saturated rings. The summed E-state index contributed by atoms with van der Waals surface area (Å²) in [6, 6.07) is 3.43. The van der Waals surface area contributed by atoms with E-state index in [0.29, 0.717) is 4.88 Å². The third-order valence-corrected chi connectivity index (χ3v) is 8.59. The van der Waals surface area contributed by atoms with Gasteiger partial charge in [0.2, 0.25) is 0 Å². The lowest BCUT2D eigenvalue weighted by Crippen LogP contribution is -2.24. The SMILES string of the molecule is CCOP(=O)(CC(CP(=O)(OCC)OCC)C(=O)c1cccs1)OCC. The Balaban J connectivity index is 3.14. The Morgan fingerprint density at radius 1 is 0.923 bits per heavy atom. The van der Waals surface area contributed by atoms with E-state index >= 15 is 0 Å². The highest BCUT2D eigenvalue weighted by molar-refractivity contribution is 7.55. The molecule has 0 spiro atoms. The Morgan fingerprint density at radius 2 is 1.35 bits per heavy atom. The molecule has 150 valence electrons. The summed E-state index contributed by atoms with van der Waals surface area (Å²) in [5.41, 5.74) is 0. The van der Waals surface area contributed by atoms with Crippen molar-refractivity contribution in [1.29, 1.82) is 0 Å². The second-order valence-corrected chi connectivity index (χ2v) is 10.5. The van der Waals surface area contributed by atoms with Crippen molar-refractivity contribution in [1.82, 2.24) is 0 Å². The first-order chi connectivity index (χ1) is 12.3. The molecular weight excluding hydrogens is 398 g/mol. The van der Waals surface area contributed by atoms with Gasteiger partial charge < -0.3 is 18.1 Å². The fourth-order valence-electron chi connectivity index (χ4n) is 2.46. The van der Waals surface area contributed by atoms with Gasteiger partial charge >= 0.3 is 15.2 Å². The zero-order valence-corrected chi connectivity index (χ0v) is 18.3. The largest absolute Gasteiger partial charge is 0.331 e. The highest BCUT2D eigenvalue weighted by atomic mass is 32.1. The van der Waals surface area contributed by atoms with E-state index in [-0.39, 0.29) is 44.5 Å². The molecule has 10 heteroatoms. The van der Waals surface area contributed by atoms with Crippen molar-refractivity contribution in [3.05, 3.63) is 22.4 Å². The van der Waals surface area contributed by atoms with Gasteiger partial charge in [-0.05, 0) is 39.1 Å². The molecule has 0 amide bonds. The van der Waals surface area contributed by atoms with Crippen molar-refractivity contribution in [3.63, 3.8) is 0 Å². The van der Waals surface area contributed by atoms with Crippen LogP contribution in [0.15, 0.2) is 17.5 Å². The van der Waals surface area contributed by atoms with E-state index in [0.717, 1.165) is 0 Å². The second kappa shape index (κ2) is 11.5. The molecule has 0 saturated heterocycles. The van der Waals surface area contributed by atoms with Crippen LogP contribution in [0, 0.1) is 5.92 Å². The standard InChI is InChI=1S/C16H28O7P2S/c1-5-20-24(18,21-6-2)12-14(16(17)15-10-9-11-26-15)13-25(19,22-7-3)23-8-4/h9-11,14H,5-8,12-13H2,1-4H3. The lowest BCUT2D eigenvalue weighted by atomic mass is 10.1. The van der Waals surface area contributed by atoms with Gasteiger partial charge in [-0.1, -0.05) is 6.07 Å². The summed E-state index contributed by atoms with van der Waals surface area (Å²) >= 11 is 1.27. The Hall–Kier alpha value is -0.330. The molecule has 0 aliphatic rings. The van der Waals surface area contributed by atoms with E-state index in [1.165, 1.54) is 11.3 Å². The van der Waals surface area contributed by atoms with Crippen LogP contribution in [0.25, 0.3) is 0 Å². The van der Waals surface area contributed by atoms with Crippen LogP contribution in [0.1, 0.15) is 37.4 Å². The molecule has 0 aliphatic heterocycles. The molecule has 0 N–H and O–H groups in total. The van der Waals surface area contributed by atoms with Gasteiger partial charge in [-0.25, -0.2) is 0 Å². The second-order valence-electron chi connectivity index (χ2n) is 5.30. The van der Waals surface area contributed by atoms with Crippen LogP contribution < -0.4 is 0 Å². The van der Waals surface area contributed by atoms with Crippen LogP contribution in [0.4, 0.5) is 0 Å². The van der Waals surface area contributed by atoms with Crippen molar-refractivity contribution >= 4 is 32.3 Å². The molecule has 0 aliphatic carbocycles. The normalized spacial score (nSPS) is 12.7. The molecule has 26 heavy (non-hydrogen) atoms. The summed E-state index contributed by atoms with van der Waals surface area (Å²) in [7, 11) is -7.01. The van der Waals surface area contributed by atoms with Crippen molar-refractivity contribution in [2.24, 2.45) is 5.92 Å². The number of rotatable bonds is 14. The average molecular weight is 426 g/mol. The number of Topliss-reactive ketones (excluding diaryl/α,β-unsaturated/α-hetero) is 1. The molecule has 0 saturated carbocycles. The maximum atomic E-state index is 12.9. The van der Waals surface area contributed by atoms with E-state index in [2.05, 4.69) is 0 Å². The molecule has 7 nitrogen and oxygen atoms in total. The summed E-state index contributed by atoms with van der Waals surface area (Å²) in [5.74, 6) is -1.12. The fourth-order valence-corrected chi connectivity index (χ4v) is 7.22. The van der Waals surface area contributed by atoms with Crippen LogP contribution in [0.2, 0.25) is 0 Å². The zero-order valence-electron chi connectivity index (χ0n) is 15.7. The van der Waals surface area contributed by atoms with Crippen LogP contribution in [0.3, 0.4) is 0 Å². The van der Waals surface area contributed by atoms with Crippen LogP contribution in [-0.2, 0) is 27.2 Å². The quantitative estimate of drug-likeness (QED) is 0.303. The van der Waals surface area contributed by atoms with Crippen molar-refractivity contribution < 1.29 is 32.0 Å². The van der Waals surface area contributed by atoms with E-state index < -0.39 is 21.1 Å². The minimum Gasteiger partial charge on any atom is -0.309 e. The minimum absolute atomic E-state index is 0.171. The Morgan fingerprint density at radius 3 is 1.65 bits per heavy atom. The number of ketones is 1. The predicted molar refractivity (Wildman–Crippen MR) is 104 cm³/mol. The first-order valence-corrected chi connectivity index (χ1v) is 13.0. The molecule has 1 aromatic rings. The maximum absolute atomic E-state index is 12.9. The van der Waals surface area contributed by atoms with Gasteiger partial charge in [-0.3, -0.25) is 13.9 Å². The monoisotopic (exact) mass is 426 g/mol. The van der Waals surface area contributed by atoms with Crippen molar-refractivity contribution in [3.8, 4) is 0 Å². The van der Waals surface area contributed by atoms with Gasteiger partial charge in [0.05, 0.1) is 43.6 Å². The highest BCUT2D eigenvalue weighted by Gasteiger charge is 2.39. The molecule has 1 rings (SSSR count). The topological polar surface area (TPSA) is 88.1 Å². The van der Waals surface area contributed by atoms with Crippen LogP contribution >= 0.6 is 26.5 Å². The van der Waals surface area contributed by atoms with Crippen LogP contribution in [-0.4, -0.2) is 44.5 Å². The summed E-state index contributed by atoms with van der Waals surface area (Å²) in [5, 5.41) is 1.78. The Bertz CT molecular complexity index is 581. The third kappa shape index (κ3) is 7.35. The van der Waals surface area contributed by atoms with Gasteiger partial charge in [0.25, 0.3) is 0 Å². The summed E-state index contributed by atoms with van der Waals surface area (Å²) < 4.78 is 47.1. The smallest absolute Gasteiger partial charge is 0.309 e. The molecule has 0 aromatic carbocycles. The molecule has 0 radical (unpaired) electrons. The molecule has 0 atom stereocenters. The Kier molecular flexibility index (Phi) is 10.5. The fraction of sp³-hybridized carbons (Fsp3) is 0.688. The van der Waals surface area contributed by atoms with Gasteiger partial charge in [0.15, 0.2) is 5.78 Å². The first kappa shape index (κ1) is 23.7. The first-order valence-electron chi connectivity index (χ1n) is 8.67. The minimum atomic E-state index is -3.50. The predicted octanol–water partition coefficient (Wildman–Crippen LogP) is 5.08. The average Bonchev–Trinajstić information content (AvgIpc) is 3.08. The third-order valence-electron chi connectivity index (χ3n) is 3.33. The summed E-state index contributed by atoms with van der Waals surface area (Å²) in [4.78, 5) is 13.4. The Labute approximate surface area is 159 Å². The summed E-state index contributed by atoms with van der Waals surface area (Å²) in [6.07, 6.45) is -0.342. The highest BCUT2D eigenvalue weighted by Crippen LogP contribution is 2.55. The number of hydrogen-bond acceptors (Lipinski definition) is 8. The lowest BCUT2D eigenvalue weighted by Gasteiger charge is -2.25. The van der Waals surface area contributed by atoms with Gasteiger partial charge in [0, 0.05) is 5.92 Å². The molecule has 0 unspecified atom stereocenters. The molecule has 0 bridgehead atoms. The molecular formula is C16H28O7P2S. The van der Waals surface area contributed by atoms with E-state index in [1.54, 1.807) is 45.2 Å². The number of carbonyl (C=O) groups is 1. The zero-order chi connectivity index (χ0) is 19.6. The lowest BCUT2D eigenvalue weighted by molar-refractivity contribution is 0.0932.